The number of rotatable bonds is 6. The summed E-state index contributed by atoms with van der Waals surface area (Å²) in [6.45, 7) is 0.0425. The van der Waals surface area contributed by atoms with Crippen molar-refractivity contribution in [1.82, 2.24) is 35.7 Å². The molecule has 170 valence electrons. The van der Waals surface area contributed by atoms with Crippen LogP contribution in [0.25, 0.3) is 28.1 Å². The second kappa shape index (κ2) is 9.32. The summed E-state index contributed by atoms with van der Waals surface area (Å²) in [5, 5.41) is 13.1. The van der Waals surface area contributed by atoms with E-state index in [1.807, 2.05) is 60.7 Å². The Balaban J connectivity index is 1.44. The van der Waals surface area contributed by atoms with Crippen LogP contribution in [-0.4, -0.2) is 55.9 Å². The molecular weight excluding hydrogens is 454 g/mol. The lowest BCUT2D eigenvalue weighted by Gasteiger charge is -2.22. The van der Waals surface area contributed by atoms with E-state index in [9.17, 15) is 14.4 Å². The average Bonchev–Trinajstić information content (AvgIpc) is 3.29. The monoisotopic (exact) mass is 473 g/mol. The largest absolute Gasteiger partial charge is 0.342 e. The highest BCUT2D eigenvalue weighted by atomic mass is 32.2. The highest BCUT2D eigenvalue weighted by Crippen LogP contribution is 2.29. The number of hydrogen-bond donors (Lipinski definition) is 3. The van der Waals surface area contributed by atoms with Gasteiger partial charge in [-0.15, -0.1) is 0 Å². The van der Waals surface area contributed by atoms with Crippen LogP contribution in [0, 0.1) is 0 Å². The number of carbonyl (C=O) groups excluding carboxylic acids is 3. The number of benzene rings is 2. The molecule has 11 heteroatoms. The number of urea groups is 1. The smallest absolute Gasteiger partial charge is 0.321 e. The summed E-state index contributed by atoms with van der Waals surface area (Å²) in [5.74, 6) is -0.357. The fraction of sp³-hybridized carbons (Fsp3) is 0.130. The van der Waals surface area contributed by atoms with Gasteiger partial charge in [0, 0.05) is 12.1 Å². The van der Waals surface area contributed by atoms with Crippen molar-refractivity contribution in [2.45, 2.75) is 11.1 Å². The first-order chi connectivity index (χ1) is 16.6. The number of fused-ring (bicyclic) bond motifs is 1. The van der Waals surface area contributed by atoms with E-state index in [4.69, 9.17) is 9.97 Å². The van der Waals surface area contributed by atoms with Gasteiger partial charge in [0.1, 0.15) is 11.1 Å². The van der Waals surface area contributed by atoms with Crippen LogP contribution in [0.1, 0.15) is 0 Å². The maximum absolute atomic E-state index is 12.5. The summed E-state index contributed by atoms with van der Waals surface area (Å²) < 4.78 is 1.74. The SMILES string of the molecule is O=C(CSc1nc(-c2ccccc2)nc2c1cnn2-c1ccccc1)NC1CNC(=O)NC1=O. The molecule has 34 heavy (non-hydrogen) atoms. The number of hydrogen-bond acceptors (Lipinski definition) is 7. The maximum atomic E-state index is 12.5. The van der Waals surface area contributed by atoms with Crippen LogP contribution in [0.3, 0.4) is 0 Å². The highest BCUT2D eigenvalue weighted by molar-refractivity contribution is 8.00. The molecule has 0 bridgehead atoms. The van der Waals surface area contributed by atoms with Crippen LogP contribution in [0.15, 0.2) is 71.9 Å². The fourth-order valence-electron chi connectivity index (χ4n) is 3.48. The van der Waals surface area contributed by atoms with Crippen molar-refractivity contribution in [3.63, 3.8) is 0 Å². The van der Waals surface area contributed by atoms with Gasteiger partial charge in [-0.2, -0.15) is 5.10 Å². The van der Waals surface area contributed by atoms with Crippen LogP contribution in [0.4, 0.5) is 4.79 Å². The molecule has 10 nitrogen and oxygen atoms in total. The maximum Gasteiger partial charge on any atom is 0.321 e. The zero-order valence-corrected chi connectivity index (χ0v) is 18.6. The number of nitrogens with one attached hydrogen (secondary N) is 3. The second-order valence-corrected chi connectivity index (χ2v) is 8.42. The number of amides is 4. The van der Waals surface area contributed by atoms with E-state index in [2.05, 4.69) is 21.0 Å². The lowest BCUT2D eigenvalue weighted by Crippen LogP contribution is -2.61. The number of para-hydroxylation sites is 1. The molecule has 4 amide bonds. The molecule has 0 radical (unpaired) electrons. The highest BCUT2D eigenvalue weighted by Gasteiger charge is 2.27. The van der Waals surface area contributed by atoms with Crippen molar-refractivity contribution in [1.29, 1.82) is 0 Å². The molecule has 4 aromatic rings. The Morgan fingerprint density at radius 1 is 1.06 bits per heavy atom. The Kier molecular flexibility index (Phi) is 5.91. The Morgan fingerprint density at radius 3 is 2.53 bits per heavy atom. The number of aromatic nitrogens is 4. The van der Waals surface area contributed by atoms with Crippen LogP contribution < -0.4 is 16.0 Å². The van der Waals surface area contributed by atoms with E-state index >= 15 is 0 Å². The Labute approximate surface area is 198 Å². The van der Waals surface area contributed by atoms with Gasteiger partial charge in [-0.3, -0.25) is 14.9 Å². The third kappa shape index (κ3) is 4.46. The quantitative estimate of drug-likeness (QED) is 0.288. The van der Waals surface area contributed by atoms with Crippen molar-refractivity contribution >= 4 is 40.6 Å². The van der Waals surface area contributed by atoms with E-state index in [1.165, 1.54) is 11.8 Å². The first-order valence-electron chi connectivity index (χ1n) is 10.5. The molecule has 1 unspecified atom stereocenters. The van der Waals surface area contributed by atoms with Crippen LogP contribution in [0.5, 0.6) is 0 Å². The van der Waals surface area contributed by atoms with Crippen LogP contribution >= 0.6 is 11.8 Å². The fourth-order valence-corrected chi connectivity index (χ4v) is 4.29. The van der Waals surface area contributed by atoms with E-state index < -0.39 is 18.0 Å². The number of thioether (sulfide) groups is 1. The van der Waals surface area contributed by atoms with E-state index in [0.717, 1.165) is 11.3 Å². The zero-order chi connectivity index (χ0) is 23.5. The minimum absolute atomic E-state index is 0.0224. The van der Waals surface area contributed by atoms with Crippen molar-refractivity contribution in [2.75, 3.05) is 12.3 Å². The molecule has 1 atom stereocenters. The number of nitrogens with zero attached hydrogens (tertiary/aromatic N) is 4. The molecule has 1 saturated heterocycles. The molecular formula is C23H19N7O3S. The number of imide groups is 1. The molecule has 3 heterocycles. The normalized spacial score (nSPS) is 15.6. The van der Waals surface area contributed by atoms with Gasteiger partial charge in [-0.25, -0.2) is 19.4 Å². The van der Waals surface area contributed by atoms with Crippen molar-refractivity contribution in [2.24, 2.45) is 0 Å². The van der Waals surface area contributed by atoms with Crippen molar-refractivity contribution < 1.29 is 14.4 Å². The Hall–Kier alpha value is -4.25. The standard InChI is InChI=1S/C23H19N7O3S/c31-18(26-17-12-24-23(33)29-21(17)32)13-34-22-16-11-25-30(15-9-5-2-6-10-15)20(16)27-19(28-22)14-7-3-1-4-8-14/h1-11,17H,12-13H2,(H,26,31)(H2,24,29,32,33). The molecule has 3 N–H and O–H groups in total. The van der Waals surface area contributed by atoms with Gasteiger partial charge in [-0.1, -0.05) is 60.3 Å². The van der Waals surface area contributed by atoms with E-state index in [0.29, 0.717) is 21.9 Å². The third-order valence-corrected chi connectivity index (χ3v) is 6.11. The van der Waals surface area contributed by atoms with Gasteiger partial charge in [-0.05, 0) is 12.1 Å². The summed E-state index contributed by atoms with van der Waals surface area (Å²) in [4.78, 5) is 45.1. The first kappa shape index (κ1) is 21.6. The van der Waals surface area contributed by atoms with Gasteiger partial charge < -0.3 is 10.6 Å². The Morgan fingerprint density at radius 2 is 1.79 bits per heavy atom. The third-order valence-electron chi connectivity index (χ3n) is 5.12. The van der Waals surface area contributed by atoms with Crippen LogP contribution in [0.2, 0.25) is 0 Å². The minimum atomic E-state index is -0.822. The topological polar surface area (TPSA) is 131 Å². The van der Waals surface area contributed by atoms with Crippen molar-refractivity contribution in [3.8, 4) is 17.1 Å². The van der Waals surface area contributed by atoms with Gasteiger partial charge in [0.15, 0.2) is 11.5 Å². The summed E-state index contributed by atoms with van der Waals surface area (Å²) in [6.07, 6.45) is 1.68. The molecule has 2 aromatic carbocycles. The molecule has 5 rings (SSSR count). The van der Waals surface area contributed by atoms with Gasteiger partial charge in [0.25, 0.3) is 5.91 Å². The number of carbonyl (C=O) groups is 3. The predicted octanol–water partition coefficient (Wildman–Crippen LogP) is 1.90. The molecule has 0 spiro atoms. The average molecular weight is 474 g/mol. The molecule has 1 aliphatic rings. The summed E-state index contributed by atoms with van der Waals surface area (Å²) >= 11 is 1.23. The van der Waals surface area contributed by atoms with E-state index in [-0.39, 0.29) is 18.2 Å². The lowest BCUT2D eigenvalue weighted by atomic mass is 10.2. The van der Waals surface area contributed by atoms with Gasteiger partial charge in [0.2, 0.25) is 5.91 Å². The van der Waals surface area contributed by atoms with Crippen molar-refractivity contribution in [3.05, 3.63) is 66.9 Å². The van der Waals surface area contributed by atoms with Crippen LogP contribution in [-0.2, 0) is 9.59 Å². The van der Waals surface area contributed by atoms with Gasteiger partial charge >= 0.3 is 6.03 Å². The predicted molar refractivity (Wildman–Crippen MR) is 126 cm³/mol. The lowest BCUT2D eigenvalue weighted by molar-refractivity contribution is -0.127. The molecule has 1 fully saturated rings. The minimum Gasteiger partial charge on any atom is -0.342 e. The summed E-state index contributed by atoms with van der Waals surface area (Å²) in [6, 6.07) is 17.8. The first-order valence-corrected chi connectivity index (χ1v) is 11.4. The van der Waals surface area contributed by atoms with E-state index in [1.54, 1.807) is 10.9 Å². The second-order valence-electron chi connectivity index (χ2n) is 7.46. The molecule has 0 aliphatic carbocycles. The Bertz CT molecular complexity index is 1380. The molecule has 0 saturated carbocycles. The van der Waals surface area contributed by atoms with Gasteiger partial charge in [0.05, 0.1) is 23.0 Å². The summed E-state index contributed by atoms with van der Waals surface area (Å²) in [7, 11) is 0. The molecule has 1 aliphatic heterocycles. The molecule has 2 aromatic heterocycles. The zero-order valence-electron chi connectivity index (χ0n) is 17.8. The summed E-state index contributed by atoms with van der Waals surface area (Å²) in [5.41, 5.74) is 2.32.